The van der Waals surface area contributed by atoms with Crippen LogP contribution in [0, 0.1) is 0 Å². The second-order valence-corrected chi connectivity index (χ2v) is 5.22. The van der Waals surface area contributed by atoms with Gasteiger partial charge in [-0.3, -0.25) is 10.1 Å². The highest BCUT2D eigenvalue weighted by molar-refractivity contribution is 7.85. The van der Waals surface area contributed by atoms with E-state index >= 15 is 0 Å². The first-order valence-electron chi connectivity index (χ1n) is 3.02. The van der Waals surface area contributed by atoms with Crippen molar-refractivity contribution in [3.8, 4) is 0 Å². The summed E-state index contributed by atoms with van der Waals surface area (Å²) in [6.45, 7) is -0.755. The normalized spacial score (nSPS) is 27.8. The van der Waals surface area contributed by atoms with Crippen molar-refractivity contribution in [1.29, 1.82) is 0 Å². The SMILES string of the molecule is NP(=O)(Cl)N1CCOCC1. The monoisotopic (exact) mass is 184 g/mol. The Labute approximate surface area is 64.5 Å². The van der Waals surface area contributed by atoms with Gasteiger partial charge in [0, 0.05) is 13.1 Å². The number of hydrogen-bond acceptors (Lipinski definition) is 2. The summed E-state index contributed by atoms with van der Waals surface area (Å²) in [5, 5.41) is 0. The van der Waals surface area contributed by atoms with Gasteiger partial charge < -0.3 is 4.74 Å². The van der Waals surface area contributed by atoms with Crippen molar-refractivity contribution in [2.45, 2.75) is 0 Å². The zero-order chi connectivity index (χ0) is 7.61. The molecule has 0 saturated carbocycles. The van der Waals surface area contributed by atoms with Gasteiger partial charge in [-0.25, -0.2) is 4.67 Å². The lowest BCUT2D eigenvalue weighted by Crippen LogP contribution is -2.34. The third kappa shape index (κ3) is 2.22. The Morgan fingerprint density at radius 1 is 1.50 bits per heavy atom. The molecule has 0 radical (unpaired) electrons. The molecule has 1 aliphatic heterocycles. The molecule has 2 N–H and O–H groups in total. The molecule has 0 aliphatic carbocycles. The van der Waals surface area contributed by atoms with Crippen LogP contribution < -0.4 is 5.50 Å². The largest absolute Gasteiger partial charge is 0.379 e. The number of hydrogen-bond donors (Lipinski definition) is 1. The Hall–Kier alpha value is 0.400. The fourth-order valence-electron chi connectivity index (χ4n) is 0.826. The molecular weight excluding hydrogens is 174 g/mol. The van der Waals surface area contributed by atoms with Gasteiger partial charge in [0.05, 0.1) is 13.2 Å². The highest BCUT2D eigenvalue weighted by Crippen LogP contribution is 2.46. The van der Waals surface area contributed by atoms with E-state index in [0.29, 0.717) is 26.3 Å². The van der Waals surface area contributed by atoms with Gasteiger partial charge in [-0.2, -0.15) is 0 Å². The van der Waals surface area contributed by atoms with Crippen LogP contribution in [0.15, 0.2) is 0 Å². The minimum absolute atomic E-state index is 0.563. The minimum atomic E-state index is -3.02. The predicted molar refractivity (Wildman–Crippen MR) is 40.0 cm³/mol. The van der Waals surface area contributed by atoms with Crippen molar-refractivity contribution in [2.75, 3.05) is 26.3 Å². The minimum Gasteiger partial charge on any atom is -0.379 e. The van der Waals surface area contributed by atoms with Crippen LogP contribution in [0.25, 0.3) is 0 Å². The maximum atomic E-state index is 11.0. The Kier molecular flexibility index (Phi) is 2.72. The van der Waals surface area contributed by atoms with Gasteiger partial charge in [-0.15, -0.1) is 0 Å². The molecule has 1 heterocycles. The molecule has 60 valence electrons. The summed E-state index contributed by atoms with van der Waals surface area (Å²) >= 11 is 5.42. The number of morpholine rings is 1. The molecule has 1 unspecified atom stereocenters. The molecule has 1 fully saturated rings. The van der Waals surface area contributed by atoms with Crippen molar-refractivity contribution in [1.82, 2.24) is 4.67 Å². The molecule has 1 atom stereocenters. The zero-order valence-corrected chi connectivity index (χ0v) is 7.15. The lowest BCUT2D eigenvalue weighted by Gasteiger charge is -2.27. The van der Waals surface area contributed by atoms with Gasteiger partial charge in [0.25, 0.3) is 6.80 Å². The Bertz CT molecular complexity index is 153. The van der Waals surface area contributed by atoms with E-state index in [-0.39, 0.29) is 0 Å². The molecule has 10 heavy (non-hydrogen) atoms. The van der Waals surface area contributed by atoms with E-state index in [1.807, 2.05) is 0 Å². The van der Waals surface area contributed by atoms with E-state index < -0.39 is 6.80 Å². The van der Waals surface area contributed by atoms with Crippen molar-refractivity contribution >= 4 is 18.0 Å². The van der Waals surface area contributed by atoms with Crippen LogP contribution in [0.1, 0.15) is 0 Å². The van der Waals surface area contributed by atoms with Crippen molar-refractivity contribution in [3.05, 3.63) is 0 Å². The third-order valence-corrected chi connectivity index (χ3v) is 3.19. The number of nitrogens with two attached hydrogens (primary N) is 1. The number of rotatable bonds is 1. The summed E-state index contributed by atoms with van der Waals surface area (Å²) < 4.78 is 17.6. The Morgan fingerprint density at radius 3 is 2.30 bits per heavy atom. The molecule has 6 heteroatoms. The van der Waals surface area contributed by atoms with Gasteiger partial charge in [0.15, 0.2) is 0 Å². The van der Waals surface area contributed by atoms with Gasteiger partial charge >= 0.3 is 0 Å². The first-order valence-corrected chi connectivity index (χ1v) is 5.65. The van der Waals surface area contributed by atoms with E-state index in [4.69, 9.17) is 21.5 Å². The van der Waals surface area contributed by atoms with Gasteiger partial charge in [0.1, 0.15) is 0 Å². The number of halogens is 1. The number of ether oxygens (including phenoxy) is 1. The molecule has 0 aromatic heterocycles. The average Bonchev–Trinajstić information content (AvgIpc) is 1.88. The van der Waals surface area contributed by atoms with Crippen LogP contribution in [-0.4, -0.2) is 31.0 Å². The zero-order valence-electron chi connectivity index (χ0n) is 5.49. The van der Waals surface area contributed by atoms with E-state index in [1.165, 1.54) is 0 Å². The molecule has 0 aromatic rings. The van der Waals surface area contributed by atoms with Crippen molar-refractivity contribution in [2.24, 2.45) is 5.50 Å². The molecule has 0 spiro atoms. The van der Waals surface area contributed by atoms with E-state index in [0.717, 1.165) is 0 Å². The van der Waals surface area contributed by atoms with E-state index in [9.17, 15) is 4.57 Å². The predicted octanol–water partition coefficient (Wildman–Crippen LogP) is 0.624. The maximum Gasteiger partial charge on any atom is 0.299 e. The standard InChI is InChI=1S/C4H10ClN2O2P/c5-10(6,8)7-1-3-9-4-2-7/h1-4H2,(H2,6,8). The Morgan fingerprint density at radius 2 is 2.00 bits per heavy atom. The summed E-state index contributed by atoms with van der Waals surface area (Å²) in [5.74, 6) is 0. The quantitative estimate of drug-likeness (QED) is 0.607. The smallest absolute Gasteiger partial charge is 0.299 e. The number of nitrogens with zero attached hydrogens (tertiary/aromatic N) is 1. The molecule has 0 amide bonds. The molecule has 1 rings (SSSR count). The third-order valence-electron chi connectivity index (χ3n) is 1.37. The topological polar surface area (TPSA) is 55.6 Å². The van der Waals surface area contributed by atoms with Gasteiger partial charge in [-0.1, -0.05) is 0 Å². The molecule has 1 aliphatic rings. The molecule has 0 aromatic carbocycles. The highest BCUT2D eigenvalue weighted by Gasteiger charge is 2.24. The van der Waals surface area contributed by atoms with E-state index in [1.54, 1.807) is 4.67 Å². The second-order valence-electron chi connectivity index (χ2n) is 2.11. The summed E-state index contributed by atoms with van der Waals surface area (Å²) in [6, 6.07) is 0. The average molecular weight is 185 g/mol. The molecular formula is C4H10ClN2O2P. The fraction of sp³-hybridized carbons (Fsp3) is 1.00. The molecule has 1 saturated heterocycles. The Balaban J connectivity index is 2.47. The van der Waals surface area contributed by atoms with E-state index in [2.05, 4.69) is 0 Å². The first kappa shape index (κ1) is 8.50. The van der Waals surface area contributed by atoms with Gasteiger partial charge in [0.2, 0.25) is 0 Å². The maximum absolute atomic E-state index is 11.0. The summed E-state index contributed by atoms with van der Waals surface area (Å²) in [7, 11) is 0. The van der Waals surface area contributed by atoms with Gasteiger partial charge in [-0.05, 0) is 11.2 Å². The van der Waals surface area contributed by atoms with Crippen LogP contribution in [0.5, 0.6) is 0 Å². The molecule has 0 bridgehead atoms. The summed E-state index contributed by atoms with van der Waals surface area (Å²) in [6.07, 6.45) is 0. The van der Waals surface area contributed by atoms with Crippen LogP contribution in [-0.2, 0) is 9.30 Å². The van der Waals surface area contributed by atoms with Crippen molar-refractivity contribution < 1.29 is 9.30 Å². The lowest BCUT2D eigenvalue weighted by molar-refractivity contribution is 0.0730. The highest BCUT2D eigenvalue weighted by atomic mass is 35.7. The van der Waals surface area contributed by atoms with Crippen LogP contribution in [0.3, 0.4) is 0 Å². The van der Waals surface area contributed by atoms with Crippen LogP contribution >= 0.6 is 18.0 Å². The van der Waals surface area contributed by atoms with Crippen LogP contribution in [0.2, 0.25) is 0 Å². The summed E-state index contributed by atoms with van der Waals surface area (Å²) in [4.78, 5) is 0. The fourth-order valence-corrected chi connectivity index (χ4v) is 1.99. The lowest BCUT2D eigenvalue weighted by atomic mass is 10.5. The summed E-state index contributed by atoms with van der Waals surface area (Å²) in [5.41, 5.74) is 5.20. The van der Waals surface area contributed by atoms with Crippen LogP contribution in [0.4, 0.5) is 0 Å². The first-order chi connectivity index (χ1) is 4.61. The van der Waals surface area contributed by atoms with Crippen molar-refractivity contribution in [3.63, 3.8) is 0 Å². The molecule has 4 nitrogen and oxygen atoms in total. The second kappa shape index (κ2) is 3.20.